The first-order chi connectivity index (χ1) is 11.7. The monoisotopic (exact) mass is 365 g/mol. The van der Waals surface area contributed by atoms with Gasteiger partial charge in [0.15, 0.2) is 0 Å². The summed E-state index contributed by atoms with van der Waals surface area (Å²) in [6.45, 7) is 5.48. The van der Waals surface area contributed by atoms with Gasteiger partial charge in [0.05, 0.1) is 11.4 Å². The number of nitrogens with zero attached hydrogens (tertiary/aromatic N) is 2. The minimum Gasteiger partial charge on any atom is -0.480 e. The highest BCUT2D eigenvalue weighted by Crippen LogP contribution is 2.24. The number of hydrogen-bond acceptors (Lipinski definition) is 4. The number of rotatable bonds is 7. The fraction of sp³-hybridized carbons (Fsp3) is 0.412. The molecule has 136 valence electrons. The maximum Gasteiger partial charge on any atom is 0.326 e. The van der Waals surface area contributed by atoms with Crippen LogP contribution in [0.15, 0.2) is 29.2 Å². The van der Waals surface area contributed by atoms with Gasteiger partial charge >= 0.3 is 5.97 Å². The maximum atomic E-state index is 13.0. The third-order valence-corrected chi connectivity index (χ3v) is 5.57. The molecule has 25 heavy (non-hydrogen) atoms. The van der Waals surface area contributed by atoms with E-state index in [9.17, 15) is 18.3 Å². The first-order valence-electron chi connectivity index (χ1n) is 8.07. The highest BCUT2D eigenvalue weighted by molar-refractivity contribution is 7.89. The number of aryl methyl sites for hydroxylation is 3. The smallest absolute Gasteiger partial charge is 0.326 e. The van der Waals surface area contributed by atoms with Gasteiger partial charge < -0.3 is 5.11 Å². The topological polar surface area (TPSA) is 101 Å². The Morgan fingerprint density at radius 2 is 2.00 bits per heavy atom. The predicted molar refractivity (Wildman–Crippen MR) is 93.8 cm³/mol. The van der Waals surface area contributed by atoms with E-state index in [0.29, 0.717) is 29.8 Å². The summed E-state index contributed by atoms with van der Waals surface area (Å²) in [6, 6.07) is 5.42. The fourth-order valence-corrected chi connectivity index (χ4v) is 4.60. The van der Waals surface area contributed by atoms with Crippen molar-refractivity contribution in [3.8, 4) is 0 Å². The lowest BCUT2D eigenvalue weighted by atomic mass is 10.1. The molecule has 0 saturated carbocycles. The minimum absolute atomic E-state index is 0.0823. The van der Waals surface area contributed by atoms with Crippen molar-refractivity contribution in [1.29, 1.82) is 0 Å². The highest BCUT2D eigenvalue weighted by Gasteiger charge is 2.32. The molecule has 0 amide bonds. The Bertz CT molecular complexity index is 887. The molecule has 1 aromatic carbocycles. The molecule has 0 spiro atoms. The summed E-state index contributed by atoms with van der Waals surface area (Å²) in [5, 5.41) is 13.8. The molecule has 2 aromatic rings. The van der Waals surface area contributed by atoms with Crippen LogP contribution in [0.5, 0.6) is 0 Å². The molecule has 1 atom stereocenters. The number of nitrogens with one attached hydrogen (secondary N) is 1. The molecule has 0 aliphatic carbocycles. The third kappa shape index (κ3) is 3.91. The molecule has 0 fully saturated rings. The number of carbonyl (C=O) groups is 1. The Morgan fingerprint density at radius 3 is 2.52 bits per heavy atom. The molecule has 2 rings (SSSR count). The average molecular weight is 365 g/mol. The van der Waals surface area contributed by atoms with Gasteiger partial charge in [0.25, 0.3) is 0 Å². The molecular weight excluding hydrogens is 342 g/mol. The van der Waals surface area contributed by atoms with E-state index in [-0.39, 0.29) is 4.90 Å². The molecule has 1 unspecified atom stereocenters. The van der Waals surface area contributed by atoms with E-state index in [1.807, 2.05) is 26.8 Å². The predicted octanol–water partition coefficient (Wildman–Crippen LogP) is 1.96. The van der Waals surface area contributed by atoms with Crippen LogP contribution in [0.1, 0.15) is 42.4 Å². The number of carboxylic acid groups (broad SMARTS) is 1. The molecule has 7 nitrogen and oxygen atoms in total. The number of hydrogen-bond donors (Lipinski definition) is 2. The molecule has 2 N–H and O–H groups in total. The van der Waals surface area contributed by atoms with Crippen molar-refractivity contribution in [2.45, 2.75) is 44.6 Å². The van der Waals surface area contributed by atoms with Crippen molar-refractivity contribution in [1.82, 2.24) is 14.5 Å². The van der Waals surface area contributed by atoms with Crippen LogP contribution in [0, 0.1) is 6.92 Å². The van der Waals surface area contributed by atoms with E-state index >= 15 is 0 Å². The number of sulfonamides is 1. The second-order valence-electron chi connectivity index (χ2n) is 5.86. The molecule has 0 aliphatic heterocycles. The Hall–Kier alpha value is -2.19. The Morgan fingerprint density at radius 1 is 1.32 bits per heavy atom. The number of benzene rings is 1. The summed E-state index contributed by atoms with van der Waals surface area (Å²) in [4.78, 5) is 11.8. The average Bonchev–Trinajstić information content (AvgIpc) is 2.89. The minimum atomic E-state index is -4.04. The summed E-state index contributed by atoms with van der Waals surface area (Å²) in [7, 11) is -2.36. The van der Waals surface area contributed by atoms with Crippen molar-refractivity contribution in [2.24, 2.45) is 7.05 Å². The van der Waals surface area contributed by atoms with Crippen molar-refractivity contribution >= 4 is 16.0 Å². The zero-order chi connectivity index (χ0) is 18.8. The van der Waals surface area contributed by atoms with Crippen LogP contribution in [0.4, 0.5) is 0 Å². The van der Waals surface area contributed by atoms with Crippen molar-refractivity contribution in [2.75, 3.05) is 0 Å². The molecule has 1 aromatic heterocycles. The summed E-state index contributed by atoms with van der Waals surface area (Å²) in [6.07, 6.45) is 0.911. The molecule has 8 heteroatoms. The SMILES string of the molecule is CCc1nn(C)c(CC)c1S(=O)(=O)NC(C(=O)O)c1cccc(C)c1. The van der Waals surface area contributed by atoms with E-state index in [1.165, 1.54) is 4.68 Å². The highest BCUT2D eigenvalue weighted by atomic mass is 32.2. The van der Waals surface area contributed by atoms with Crippen molar-refractivity contribution < 1.29 is 18.3 Å². The third-order valence-electron chi connectivity index (χ3n) is 4.02. The van der Waals surface area contributed by atoms with Crippen LogP contribution in [0.2, 0.25) is 0 Å². The van der Waals surface area contributed by atoms with E-state index in [2.05, 4.69) is 9.82 Å². The van der Waals surface area contributed by atoms with Crippen molar-refractivity contribution in [3.05, 3.63) is 46.8 Å². The maximum absolute atomic E-state index is 13.0. The van der Waals surface area contributed by atoms with Gasteiger partial charge in [0.1, 0.15) is 10.9 Å². The summed E-state index contributed by atoms with van der Waals surface area (Å²) in [5.74, 6) is -1.26. The van der Waals surface area contributed by atoms with Gasteiger partial charge in [0.2, 0.25) is 10.0 Å². The number of carboxylic acids is 1. The Kier molecular flexibility index (Phi) is 5.64. The Labute approximate surface area is 147 Å². The largest absolute Gasteiger partial charge is 0.480 e. The molecular formula is C17H23N3O4S. The molecule has 0 aliphatic rings. The van der Waals surface area contributed by atoms with Crippen LogP contribution < -0.4 is 4.72 Å². The van der Waals surface area contributed by atoms with Crippen LogP contribution in [0.25, 0.3) is 0 Å². The molecule has 1 heterocycles. The lowest BCUT2D eigenvalue weighted by Gasteiger charge is -2.16. The molecule has 0 radical (unpaired) electrons. The summed E-state index contributed by atoms with van der Waals surface area (Å²) < 4.78 is 29.8. The van der Waals surface area contributed by atoms with Gasteiger partial charge in [-0.25, -0.2) is 8.42 Å². The van der Waals surface area contributed by atoms with E-state index in [4.69, 9.17) is 0 Å². The normalized spacial score (nSPS) is 13.0. The van der Waals surface area contributed by atoms with Crippen LogP contribution >= 0.6 is 0 Å². The quantitative estimate of drug-likeness (QED) is 0.781. The number of aromatic nitrogens is 2. The van der Waals surface area contributed by atoms with E-state index in [1.54, 1.807) is 25.2 Å². The lowest BCUT2D eigenvalue weighted by molar-refractivity contribution is -0.139. The Balaban J connectivity index is 2.51. The number of aliphatic carboxylic acids is 1. The first-order valence-corrected chi connectivity index (χ1v) is 9.56. The van der Waals surface area contributed by atoms with Gasteiger partial charge in [-0.3, -0.25) is 9.48 Å². The summed E-state index contributed by atoms with van der Waals surface area (Å²) >= 11 is 0. The fourth-order valence-electron chi connectivity index (χ4n) is 2.86. The van der Waals surface area contributed by atoms with Gasteiger partial charge in [-0.05, 0) is 25.3 Å². The second-order valence-corrected chi connectivity index (χ2v) is 7.51. The molecule has 0 saturated heterocycles. The van der Waals surface area contributed by atoms with Gasteiger partial charge in [0, 0.05) is 7.05 Å². The van der Waals surface area contributed by atoms with Gasteiger partial charge in [-0.2, -0.15) is 9.82 Å². The standard InChI is InChI=1S/C17H23N3O4S/c1-5-13-16(14(6-2)20(4)18-13)25(23,24)19-15(17(21)22)12-9-7-8-11(3)10-12/h7-10,15,19H,5-6H2,1-4H3,(H,21,22). The van der Waals surface area contributed by atoms with Crippen LogP contribution in [-0.4, -0.2) is 29.3 Å². The van der Waals surface area contributed by atoms with Gasteiger partial charge in [-0.1, -0.05) is 43.7 Å². The first kappa shape index (κ1) is 19.1. The zero-order valence-corrected chi connectivity index (χ0v) is 15.6. The second kappa shape index (κ2) is 7.37. The van der Waals surface area contributed by atoms with E-state index < -0.39 is 22.0 Å². The summed E-state index contributed by atoms with van der Waals surface area (Å²) in [5.41, 5.74) is 2.22. The van der Waals surface area contributed by atoms with E-state index in [0.717, 1.165) is 5.56 Å². The van der Waals surface area contributed by atoms with Crippen LogP contribution in [-0.2, 0) is 34.7 Å². The lowest BCUT2D eigenvalue weighted by Crippen LogP contribution is -2.34. The van der Waals surface area contributed by atoms with Crippen molar-refractivity contribution in [3.63, 3.8) is 0 Å². The molecule has 0 bridgehead atoms. The van der Waals surface area contributed by atoms with Crippen LogP contribution in [0.3, 0.4) is 0 Å². The zero-order valence-electron chi connectivity index (χ0n) is 14.8. The van der Waals surface area contributed by atoms with Gasteiger partial charge in [-0.15, -0.1) is 0 Å².